The van der Waals surface area contributed by atoms with Crippen LogP contribution in [-0.2, 0) is 21.4 Å². The molecule has 164 valence electrons. The largest absolute Gasteiger partial charge is 0.443 e. The second-order valence-electron chi connectivity index (χ2n) is 8.78. The van der Waals surface area contributed by atoms with Gasteiger partial charge in [0, 0.05) is 50.2 Å². The molecule has 2 aliphatic heterocycles. The SMILES string of the molecule is CCNC(=NCc1ncc(C(C)(C)C)o1)NCC(C1CCOC1)N1CCOCC1. The Kier molecular flexibility index (Phi) is 7.91. The Balaban J connectivity index is 1.61. The van der Waals surface area contributed by atoms with Gasteiger partial charge in [0.15, 0.2) is 5.96 Å². The van der Waals surface area contributed by atoms with Gasteiger partial charge in [-0.2, -0.15) is 0 Å². The van der Waals surface area contributed by atoms with E-state index in [-0.39, 0.29) is 5.41 Å². The van der Waals surface area contributed by atoms with E-state index in [1.807, 2.05) is 0 Å². The molecule has 8 heteroatoms. The van der Waals surface area contributed by atoms with Gasteiger partial charge in [0.1, 0.15) is 12.3 Å². The second-order valence-corrected chi connectivity index (χ2v) is 8.78. The third-order valence-corrected chi connectivity index (χ3v) is 5.51. The summed E-state index contributed by atoms with van der Waals surface area (Å²) in [6.07, 6.45) is 2.92. The Morgan fingerprint density at radius 2 is 2.03 bits per heavy atom. The predicted molar refractivity (Wildman–Crippen MR) is 113 cm³/mol. The average molecular weight is 408 g/mol. The fraction of sp³-hybridized carbons (Fsp3) is 0.810. The van der Waals surface area contributed by atoms with Crippen molar-refractivity contribution in [2.75, 3.05) is 52.6 Å². The summed E-state index contributed by atoms with van der Waals surface area (Å²) < 4.78 is 17.1. The van der Waals surface area contributed by atoms with Gasteiger partial charge in [-0.05, 0) is 13.3 Å². The van der Waals surface area contributed by atoms with Crippen LogP contribution in [0.5, 0.6) is 0 Å². The summed E-state index contributed by atoms with van der Waals surface area (Å²) in [7, 11) is 0. The van der Waals surface area contributed by atoms with E-state index in [1.54, 1.807) is 6.20 Å². The molecule has 1 aromatic rings. The van der Waals surface area contributed by atoms with Crippen molar-refractivity contribution in [2.24, 2.45) is 10.9 Å². The Bertz CT molecular complexity index is 643. The number of guanidine groups is 1. The Morgan fingerprint density at radius 3 is 2.66 bits per heavy atom. The minimum absolute atomic E-state index is 0.0492. The van der Waals surface area contributed by atoms with Crippen LogP contribution in [0.3, 0.4) is 0 Å². The van der Waals surface area contributed by atoms with Gasteiger partial charge in [0.25, 0.3) is 0 Å². The summed E-state index contributed by atoms with van der Waals surface area (Å²) in [4.78, 5) is 11.6. The maximum absolute atomic E-state index is 5.87. The summed E-state index contributed by atoms with van der Waals surface area (Å²) in [5, 5.41) is 6.87. The molecule has 0 saturated carbocycles. The number of nitrogens with one attached hydrogen (secondary N) is 2. The molecule has 2 unspecified atom stereocenters. The van der Waals surface area contributed by atoms with Gasteiger partial charge in [0.2, 0.25) is 5.89 Å². The van der Waals surface area contributed by atoms with Gasteiger partial charge in [-0.25, -0.2) is 9.98 Å². The maximum Gasteiger partial charge on any atom is 0.216 e. The van der Waals surface area contributed by atoms with Crippen LogP contribution in [0.15, 0.2) is 15.6 Å². The number of rotatable bonds is 7. The summed E-state index contributed by atoms with van der Waals surface area (Å²) in [6, 6.07) is 0.416. The highest BCUT2D eigenvalue weighted by Gasteiger charge is 2.31. The first-order valence-electron chi connectivity index (χ1n) is 10.8. The molecule has 0 amide bonds. The van der Waals surface area contributed by atoms with E-state index in [2.05, 4.69) is 53.2 Å². The molecule has 2 fully saturated rings. The van der Waals surface area contributed by atoms with E-state index >= 15 is 0 Å². The third kappa shape index (κ3) is 6.42. The molecular weight excluding hydrogens is 370 g/mol. The number of oxazole rings is 1. The fourth-order valence-electron chi connectivity index (χ4n) is 3.78. The lowest BCUT2D eigenvalue weighted by atomic mass is 9.94. The van der Waals surface area contributed by atoms with E-state index < -0.39 is 0 Å². The molecule has 3 rings (SSSR count). The molecule has 2 atom stereocenters. The van der Waals surface area contributed by atoms with Crippen molar-refractivity contribution in [3.8, 4) is 0 Å². The van der Waals surface area contributed by atoms with Gasteiger partial charge in [0.05, 0.1) is 26.0 Å². The average Bonchev–Trinajstić information content (AvgIpc) is 3.39. The lowest BCUT2D eigenvalue weighted by Crippen LogP contribution is -2.53. The molecule has 3 heterocycles. The van der Waals surface area contributed by atoms with Crippen molar-refractivity contribution in [3.05, 3.63) is 17.8 Å². The van der Waals surface area contributed by atoms with Crippen molar-refractivity contribution in [3.63, 3.8) is 0 Å². The quantitative estimate of drug-likeness (QED) is 0.526. The molecule has 0 bridgehead atoms. The molecule has 8 nitrogen and oxygen atoms in total. The molecule has 0 aliphatic carbocycles. The van der Waals surface area contributed by atoms with E-state index in [0.29, 0.717) is 24.4 Å². The fourth-order valence-corrected chi connectivity index (χ4v) is 3.78. The van der Waals surface area contributed by atoms with Crippen LogP contribution in [-0.4, -0.2) is 74.5 Å². The van der Waals surface area contributed by atoms with Gasteiger partial charge in [-0.15, -0.1) is 0 Å². The van der Waals surface area contributed by atoms with Crippen LogP contribution in [0.25, 0.3) is 0 Å². The zero-order valence-corrected chi connectivity index (χ0v) is 18.4. The Hall–Kier alpha value is -1.64. The number of hydrogen-bond acceptors (Lipinski definition) is 6. The molecule has 2 aliphatic rings. The minimum Gasteiger partial charge on any atom is -0.443 e. The van der Waals surface area contributed by atoms with E-state index in [4.69, 9.17) is 13.9 Å². The Morgan fingerprint density at radius 1 is 1.24 bits per heavy atom. The first-order valence-corrected chi connectivity index (χ1v) is 10.8. The van der Waals surface area contributed by atoms with Crippen LogP contribution in [0.1, 0.15) is 45.8 Å². The van der Waals surface area contributed by atoms with Crippen molar-refractivity contribution < 1.29 is 13.9 Å². The van der Waals surface area contributed by atoms with E-state index in [9.17, 15) is 0 Å². The monoisotopic (exact) mass is 407 g/mol. The van der Waals surface area contributed by atoms with E-state index in [0.717, 1.165) is 70.7 Å². The highest BCUT2D eigenvalue weighted by Crippen LogP contribution is 2.23. The second kappa shape index (κ2) is 10.4. The number of aromatic nitrogens is 1. The molecule has 2 N–H and O–H groups in total. The normalized spacial score (nSPS) is 22.6. The van der Waals surface area contributed by atoms with Crippen LogP contribution in [0, 0.1) is 5.92 Å². The summed E-state index contributed by atoms with van der Waals surface area (Å²) in [5.74, 6) is 2.86. The van der Waals surface area contributed by atoms with Crippen LogP contribution < -0.4 is 10.6 Å². The van der Waals surface area contributed by atoms with Crippen molar-refractivity contribution in [1.29, 1.82) is 0 Å². The van der Waals surface area contributed by atoms with Crippen LogP contribution >= 0.6 is 0 Å². The van der Waals surface area contributed by atoms with Crippen molar-refractivity contribution in [1.82, 2.24) is 20.5 Å². The topological polar surface area (TPSA) is 84.2 Å². The van der Waals surface area contributed by atoms with Crippen molar-refractivity contribution in [2.45, 2.75) is 52.1 Å². The van der Waals surface area contributed by atoms with Gasteiger partial charge >= 0.3 is 0 Å². The number of ether oxygens (including phenoxy) is 2. The van der Waals surface area contributed by atoms with Crippen LogP contribution in [0.2, 0.25) is 0 Å². The first-order chi connectivity index (χ1) is 14.0. The number of hydrogen-bond donors (Lipinski definition) is 2. The third-order valence-electron chi connectivity index (χ3n) is 5.51. The van der Waals surface area contributed by atoms with Gasteiger partial charge in [-0.1, -0.05) is 20.8 Å². The molecule has 1 aromatic heterocycles. The molecule has 2 saturated heterocycles. The van der Waals surface area contributed by atoms with E-state index in [1.165, 1.54) is 0 Å². The highest BCUT2D eigenvalue weighted by molar-refractivity contribution is 5.79. The molecule has 29 heavy (non-hydrogen) atoms. The molecular formula is C21H37N5O3. The van der Waals surface area contributed by atoms with Gasteiger partial charge < -0.3 is 24.5 Å². The zero-order chi connectivity index (χ0) is 20.7. The highest BCUT2D eigenvalue weighted by atomic mass is 16.5. The molecule has 0 radical (unpaired) electrons. The molecule has 0 spiro atoms. The number of morpholine rings is 1. The number of aliphatic imine (C=N–C) groups is 1. The first kappa shape index (κ1) is 22.1. The van der Waals surface area contributed by atoms with Crippen molar-refractivity contribution >= 4 is 5.96 Å². The summed E-state index contributed by atoms with van der Waals surface area (Å²) in [5.41, 5.74) is -0.0492. The van der Waals surface area contributed by atoms with Gasteiger partial charge in [-0.3, -0.25) is 4.90 Å². The van der Waals surface area contributed by atoms with Crippen LogP contribution in [0.4, 0.5) is 0 Å². The lowest BCUT2D eigenvalue weighted by molar-refractivity contribution is 0.00246. The Labute approximate surface area is 174 Å². The molecule has 0 aromatic carbocycles. The summed E-state index contributed by atoms with van der Waals surface area (Å²) in [6.45, 7) is 15.7. The number of nitrogens with zero attached hydrogens (tertiary/aromatic N) is 3. The standard InChI is InChI=1S/C21H37N5O3/c1-5-22-20(25-14-19-23-13-18(29-19)21(2,3)4)24-12-17(16-6-9-28-15-16)26-7-10-27-11-8-26/h13,16-17H,5-12,14-15H2,1-4H3,(H2,22,24,25). The zero-order valence-electron chi connectivity index (χ0n) is 18.4. The summed E-state index contributed by atoms with van der Waals surface area (Å²) >= 11 is 0. The smallest absolute Gasteiger partial charge is 0.216 e. The lowest BCUT2D eigenvalue weighted by Gasteiger charge is -2.37. The maximum atomic E-state index is 5.87. The minimum atomic E-state index is -0.0492. The predicted octanol–water partition coefficient (Wildman–Crippen LogP) is 1.76.